The summed E-state index contributed by atoms with van der Waals surface area (Å²) in [5, 5.41) is 15.2. The lowest BCUT2D eigenvalue weighted by Crippen LogP contribution is -2.52. The number of para-hydroxylation sites is 1. The van der Waals surface area contributed by atoms with Gasteiger partial charge in [0.05, 0.1) is 23.6 Å². The third kappa shape index (κ3) is 6.73. The molecule has 1 fully saturated rings. The Kier molecular flexibility index (Phi) is 7.97. The van der Waals surface area contributed by atoms with Gasteiger partial charge in [-0.15, -0.1) is 0 Å². The lowest BCUT2D eigenvalue weighted by atomic mass is 9.97. The SMILES string of the molecule is O=C(Nc1ccccc1)N[C@H]1CC[C@@H](CCNS(=O)(=O)c2cccc(F)c2)O[C@H]1CO. The Balaban J connectivity index is 1.46. The first-order valence-corrected chi connectivity index (χ1v) is 11.5. The van der Waals surface area contributed by atoms with E-state index in [1.165, 1.54) is 18.2 Å². The van der Waals surface area contributed by atoms with E-state index in [0.29, 0.717) is 24.9 Å². The predicted octanol–water partition coefficient (Wildman–Crippen LogP) is 2.22. The van der Waals surface area contributed by atoms with E-state index in [1.807, 2.05) is 18.2 Å². The molecule has 1 aliphatic rings. The van der Waals surface area contributed by atoms with Crippen LogP contribution in [0.25, 0.3) is 0 Å². The molecule has 1 saturated heterocycles. The number of amides is 2. The van der Waals surface area contributed by atoms with E-state index < -0.39 is 21.9 Å². The van der Waals surface area contributed by atoms with Crippen LogP contribution in [0.5, 0.6) is 0 Å². The second kappa shape index (κ2) is 10.7. The van der Waals surface area contributed by atoms with E-state index in [4.69, 9.17) is 4.74 Å². The van der Waals surface area contributed by atoms with Gasteiger partial charge in [0.25, 0.3) is 0 Å². The molecule has 1 heterocycles. The number of carbonyl (C=O) groups is 1. The first-order valence-electron chi connectivity index (χ1n) is 10.0. The van der Waals surface area contributed by atoms with Crippen LogP contribution in [0.3, 0.4) is 0 Å². The zero-order valence-electron chi connectivity index (χ0n) is 16.8. The Bertz CT molecular complexity index is 974. The summed E-state index contributed by atoms with van der Waals surface area (Å²) < 4.78 is 46.1. The zero-order valence-corrected chi connectivity index (χ0v) is 17.6. The highest BCUT2D eigenvalue weighted by atomic mass is 32.2. The van der Waals surface area contributed by atoms with E-state index in [1.54, 1.807) is 12.1 Å². The number of ether oxygens (including phenoxy) is 1. The van der Waals surface area contributed by atoms with E-state index in [0.717, 1.165) is 6.07 Å². The average molecular weight is 452 g/mol. The second-order valence-electron chi connectivity index (χ2n) is 7.27. The number of hydrogen-bond donors (Lipinski definition) is 4. The third-order valence-electron chi connectivity index (χ3n) is 5.01. The lowest BCUT2D eigenvalue weighted by Gasteiger charge is -2.36. The molecule has 3 rings (SSSR count). The number of halogens is 1. The summed E-state index contributed by atoms with van der Waals surface area (Å²) in [5.74, 6) is -0.626. The molecule has 8 nitrogen and oxygen atoms in total. The van der Waals surface area contributed by atoms with E-state index in [2.05, 4.69) is 15.4 Å². The van der Waals surface area contributed by atoms with Crippen LogP contribution in [-0.4, -0.2) is 51.0 Å². The van der Waals surface area contributed by atoms with Crippen molar-refractivity contribution in [3.63, 3.8) is 0 Å². The molecule has 0 radical (unpaired) electrons. The van der Waals surface area contributed by atoms with Crippen molar-refractivity contribution in [2.45, 2.75) is 42.4 Å². The van der Waals surface area contributed by atoms with Crippen molar-refractivity contribution in [1.82, 2.24) is 10.0 Å². The van der Waals surface area contributed by atoms with E-state index >= 15 is 0 Å². The monoisotopic (exact) mass is 451 g/mol. The fourth-order valence-electron chi connectivity index (χ4n) is 3.44. The normalized spacial score (nSPS) is 21.4. The maximum Gasteiger partial charge on any atom is 0.319 e. The molecular formula is C21H26FN3O5S. The van der Waals surface area contributed by atoms with Gasteiger partial charge in [0.15, 0.2) is 0 Å². The topological polar surface area (TPSA) is 117 Å². The molecule has 31 heavy (non-hydrogen) atoms. The summed E-state index contributed by atoms with van der Waals surface area (Å²) in [5.41, 5.74) is 0.653. The molecule has 2 amide bonds. The molecule has 0 bridgehead atoms. The number of rotatable bonds is 8. The Hall–Kier alpha value is -2.53. The quantitative estimate of drug-likeness (QED) is 0.491. The molecule has 2 aromatic rings. The lowest BCUT2D eigenvalue weighted by molar-refractivity contribution is -0.0884. The molecule has 0 saturated carbocycles. The molecule has 4 N–H and O–H groups in total. The number of benzene rings is 2. The average Bonchev–Trinajstić information content (AvgIpc) is 2.75. The van der Waals surface area contributed by atoms with Crippen LogP contribution in [0.4, 0.5) is 14.9 Å². The standard InChI is InChI=1S/C21H26FN3O5S/c22-15-5-4-8-18(13-15)31(28,29)23-12-11-17-9-10-19(20(14-26)30-17)25-21(27)24-16-6-2-1-3-7-16/h1-8,13,17,19-20,23,26H,9-12,14H2,(H2,24,25,27)/t17-,19-,20-/m0/s1. The third-order valence-corrected chi connectivity index (χ3v) is 6.47. The van der Waals surface area contributed by atoms with Gasteiger partial charge in [0.2, 0.25) is 10.0 Å². The van der Waals surface area contributed by atoms with Crippen LogP contribution in [0.2, 0.25) is 0 Å². The molecule has 0 unspecified atom stereocenters. The number of aliphatic hydroxyl groups is 1. The van der Waals surface area contributed by atoms with Crippen molar-refractivity contribution in [2.75, 3.05) is 18.5 Å². The fraction of sp³-hybridized carbons (Fsp3) is 0.381. The minimum absolute atomic E-state index is 0.105. The molecule has 0 aliphatic carbocycles. The summed E-state index contributed by atoms with van der Waals surface area (Å²) in [6.45, 7) is -0.171. The van der Waals surface area contributed by atoms with Gasteiger partial charge in [-0.25, -0.2) is 22.3 Å². The van der Waals surface area contributed by atoms with Gasteiger partial charge in [-0.2, -0.15) is 0 Å². The van der Waals surface area contributed by atoms with Crippen LogP contribution in [0.1, 0.15) is 19.3 Å². The van der Waals surface area contributed by atoms with Crippen molar-refractivity contribution in [3.8, 4) is 0 Å². The Morgan fingerprint density at radius 3 is 2.61 bits per heavy atom. The number of hydrogen-bond acceptors (Lipinski definition) is 5. The van der Waals surface area contributed by atoms with Gasteiger partial charge in [-0.1, -0.05) is 24.3 Å². The summed E-state index contributed by atoms with van der Waals surface area (Å²) >= 11 is 0. The zero-order chi connectivity index (χ0) is 22.3. The van der Waals surface area contributed by atoms with Crippen molar-refractivity contribution in [2.24, 2.45) is 0 Å². The van der Waals surface area contributed by atoms with Gasteiger partial charge in [0, 0.05) is 12.2 Å². The second-order valence-corrected chi connectivity index (χ2v) is 9.04. The van der Waals surface area contributed by atoms with Crippen LogP contribution in [0.15, 0.2) is 59.5 Å². The Morgan fingerprint density at radius 2 is 1.90 bits per heavy atom. The maximum absolute atomic E-state index is 13.3. The van der Waals surface area contributed by atoms with Crippen LogP contribution in [-0.2, 0) is 14.8 Å². The Morgan fingerprint density at radius 1 is 1.13 bits per heavy atom. The van der Waals surface area contributed by atoms with Gasteiger partial charge in [-0.05, 0) is 49.6 Å². The summed E-state index contributed by atoms with van der Waals surface area (Å²) in [7, 11) is -3.82. The summed E-state index contributed by atoms with van der Waals surface area (Å²) in [6, 6.07) is 13.0. The highest BCUT2D eigenvalue weighted by Gasteiger charge is 2.32. The molecule has 0 spiro atoms. The number of carbonyl (C=O) groups excluding carboxylic acids is 1. The largest absolute Gasteiger partial charge is 0.394 e. The number of anilines is 1. The van der Waals surface area contributed by atoms with Crippen LogP contribution in [0, 0.1) is 5.82 Å². The summed E-state index contributed by atoms with van der Waals surface area (Å²) in [4.78, 5) is 12.1. The van der Waals surface area contributed by atoms with Crippen molar-refractivity contribution < 1.29 is 27.4 Å². The molecule has 0 aromatic heterocycles. The van der Waals surface area contributed by atoms with Crippen molar-refractivity contribution in [3.05, 3.63) is 60.4 Å². The van der Waals surface area contributed by atoms with E-state index in [9.17, 15) is 22.7 Å². The minimum atomic E-state index is -3.82. The molecule has 168 valence electrons. The van der Waals surface area contributed by atoms with E-state index in [-0.39, 0.29) is 36.2 Å². The molecule has 3 atom stereocenters. The van der Waals surface area contributed by atoms with Gasteiger partial charge >= 0.3 is 6.03 Å². The molecule has 2 aromatic carbocycles. The predicted molar refractivity (Wildman–Crippen MR) is 114 cm³/mol. The minimum Gasteiger partial charge on any atom is -0.394 e. The molecule has 1 aliphatic heterocycles. The van der Waals surface area contributed by atoms with Gasteiger partial charge < -0.3 is 20.5 Å². The maximum atomic E-state index is 13.3. The summed E-state index contributed by atoms with van der Waals surface area (Å²) in [6.07, 6.45) is 0.680. The number of aliphatic hydroxyl groups excluding tert-OH is 1. The highest BCUT2D eigenvalue weighted by molar-refractivity contribution is 7.89. The highest BCUT2D eigenvalue weighted by Crippen LogP contribution is 2.22. The van der Waals surface area contributed by atoms with Gasteiger partial charge in [-0.3, -0.25) is 0 Å². The van der Waals surface area contributed by atoms with Gasteiger partial charge in [0.1, 0.15) is 11.9 Å². The van der Waals surface area contributed by atoms with Crippen molar-refractivity contribution in [1.29, 1.82) is 0 Å². The Labute approximate surface area is 180 Å². The van der Waals surface area contributed by atoms with Crippen molar-refractivity contribution >= 4 is 21.7 Å². The fourth-order valence-corrected chi connectivity index (χ4v) is 4.52. The van der Waals surface area contributed by atoms with Crippen LogP contribution >= 0.6 is 0 Å². The molecule has 10 heteroatoms. The smallest absolute Gasteiger partial charge is 0.319 e. The first kappa shape index (κ1) is 23.1. The number of urea groups is 1. The first-order chi connectivity index (χ1) is 14.9. The molecular weight excluding hydrogens is 425 g/mol. The van der Waals surface area contributed by atoms with Crippen LogP contribution < -0.4 is 15.4 Å². The number of sulfonamides is 1. The number of nitrogens with one attached hydrogen (secondary N) is 3.